The number of ether oxygens (including phenoxy) is 2. The Hall–Kier alpha value is -4.52. The van der Waals surface area contributed by atoms with E-state index in [1.807, 2.05) is 48.7 Å². The molecule has 2 aliphatic heterocycles. The van der Waals surface area contributed by atoms with Crippen LogP contribution in [0.25, 0.3) is 10.9 Å². The fraction of sp³-hybridized carbons (Fsp3) is 0.172. The monoisotopic (exact) mass is 476 g/mol. The second-order valence-electron chi connectivity index (χ2n) is 9.17. The molecule has 3 aromatic heterocycles. The molecular weight excluding hydrogens is 452 g/mol. The van der Waals surface area contributed by atoms with Crippen molar-refractivity contribution in [3.8, 4) is 11.5 Å². The zero-order chi connectivity index (χ0) is 24.1. The molecule has 0 saturated heterocycles. The summed E-state index contributed by atoms with van der Waals surface area (Å²) in [5.41, 5.74) is 7.21. The average Bonchev–Trinajstić information content (AvgIpc) is 3.64. The summed E-state index contributed by atoms with van der Waals surface area (Å²) in [5.74, 6) is 1.44. The summed E-state index contributed by atoms with van der Waals surface area (Å²) in [4.78, 5) is 21.3. The molecule has 2 aromatic carbocycles. The number of para-hydroxylation sites is 1. The molecule has 5 aromatic rings. The highest BCUT2D eigenvalue weighted by molar-refractivity contribution is 5.96. The van der Waals surface area contributed by atoms with Crippen LogP contribution in [0, 0.1) is 0 Å². The molecule has 1 unspecified atom stereocenters. The van der Waals surface area contributed by atoms with Gasteiger partial charge in [0.05, 0.1) is 11.6 Å². The van der Waals surface area contributed by atoms with Crippen molar-refractivity contribution in [3.63, 3.8) is 0 Å². The molecule has 0 spiro atoms. The number of aromatic amines is 1. The minimum atomic E-state index is -0.110. The number of rotatable bonds is 5. The van der Waals surface area contributed by atoms with Crippen LogP contribution in [0.2, 0.25) is 0 Å². The van der Waals surface area contributed by atoms with Gasteiger partial charge in [-0.15, -0.1) is 0 Å². The van der Waals surface area contributed by atoms with Crippen molar-refractivity contribution in [1.82, 2.24) is 19.9 Å². The average molecular weight is 477 g/mol. The van der Waals surface area contributed by atoms with Crippen LogP contribution in [-0.2, 0) is 12.8 Å². The van der Waals surface area contributed by atoms with Gasteiger partial charge in [0.2, 0.25) is 6.79 Å². The molecule has 36 heavy (non-hydrogen) atoms. The van der Waals surface area contributed by atoms with Crippen molar-refractivity contribution in [2.75, 3.05) is 13.3 Å². The number of H-pyrrole nitrogens is 1. The molecule has 0 bridgehead atoms. The maximum Gasteiger partial charge on any atom is 0.253 e. The van der Waals surface area contributed by atoms with Crippen LogP contribution in [0.5, 0.6) is 11.5 Å². The number of hydrogen-bond acceptors (Lipinski definition) is 4. The van der Waals surface area contributed by atoms with Crippen molar-refractivity contribution in [3.05, 3.63) is 113 Å². The Morgan fingerprint density at radius 3 is 2.86 bits per heavy atom. The number of nitrogens with zero attached hydrogens (tertiary/aromatic N) is 2. The van der Waals surface area contributed by atoms with Gasteiger partial charge >= 0.3 is 0 Å². The molecule has 7 nitrogen and oxygen atoms in total. The summed E-state index contributed by atoms with van der Waals surface area (Å²) in [5, 5.41) is 4.28. The van der Waals surface area contributed by atoms with Gasteiger partial charge in [0.15, 0.2) is 11.5 Å². The summed E-state index contributed by atoms with van der Waals surface area (Å²) in [7, 11) is 0. The number of nitrogens with one attached hydrogen (secondary N) is 2. The first kappa shape index (κ1) is 20.8. The summed E-state index contributed by atoms with van der Waals surface area (Å²) in [6.45, 7) is 0.767. The molecule has 178 valence electrons. The van der Waals surface area contributed by atoms with Crippen molar-refractivity contribution in [2.45, 2.75) is 18.9 Å². The highest BCUT2D eigenvalue weighted by atomic mass is 16.7. The molecular formula is C29H24N4O3. The standard InChI is InChI=1S/C29H24N4O3/c34-29(31-13-10-19-5-3-4-12-30-19)21-11-14-33-24(21)16-22-20-6-1-2-7-23(20)32-27(22)28(33)18-8-9-25-26(15-18)36-17-35-25/h1-9,11-12,14-15,28,32H,10,13,16-17H2,(H,31,34). The van der Waals surface area contributed by atoms with E-state index in [4.69, 9.17) is 9.47 Å². The van der Waals surface area contributed by atoms with E-state index in [2.05, 4.69) is 44.1 Å². The van der Waals surface area contributed by atoms with E-state index < -0.39 is 0 Å². The number of aromatic nitrogens is 3. The lowest BCUT2D eigenvalue weighted by Crippen LogP contribution is -2.28. The van der Waals surface area contributed by atoms with Crippen LogP contribution in [-0.4, -0.2) is 33.8 Å². The van der Waals surface area contributed by atoms with Crippen molar-refractivity contribution in [2.24, 2.45) is 0 Å². The van der Waals surface area contributed by atoms with E-state index in [-0.39, 0.29) is 18.7 Å². The van der Waals surface area contributed by atoms with Gasteiger partial charge in [-0.1, -0.05) is 30.3 Å². The summed E-state index contributed by atoms with van der Waals surface area (Å²) < 4.78 is 13.4. The predicted octanol–water partition coefficient (Wildman–Crippen LogP) is 4.61. The molecule has 0 saturated carbocycles. The molecule has 7 rings (SSSR count). The first-order chi connectivity index (χ1) is 17.8. The van der Waals surface area contributed by atoms with Gasteiger partial charge in [-0.05, 0) is 47.5 Å². The SMILES string of the molecule is O=C(NCCc1ccccn1)c1ccn2c1Cc1c([nH]c3ccccc13)C2c1ccc2c(c1)OCO2. The Morgan fingerprint density at radius 1 is 1.06 bits per heavy atom. The first-order valence-electron chi connectivity index (χ1n) is 12.1. The van der Waals surface area contributed by atoms with E-state index in [1.54, 1.807) is 6.20 Å². The molecule has 0 radical (unpaired) electrons. The van der Waals surface area contributed by atoms with Gasteiger partial charge in [-0.3, -0.25) is 9.78 Å². The molecule has 1 atom stereocenters. The van der Waals surface area contributed by atoms with Crippen molar-refractivity contribution < 1.29 is 14.3 Å². The molecule has 0 aliphatic carbocycles. The fourth-order valence-electron chi connectivity index (χ4n) is 5.42. The summed E-state index contributed by atoms with van der Waals surface area (Å²) in [6.07, 6.45) is 5.16. The molecule has 0 fully saturated rings. The largest absolute Gasteiger partial charge is 0.454 e. The number of hydrogen-bond donors (Lipinski definition) is 2. The third kappa shape index (κ3) is 3.35. The third-order valence-corrected chi connectivity index (χ3v) is 7.12. The number of fused-ring (bicyclic) bond motifs is 5. The van der Waals surface area contributed by atoms with E-state index >= 15 is 0 Å². The molecule has 5 heterocycles. The predicted molar refractivity (Wildman–Crippen MR) is 136 cm³/mol. The lowest BCUT2D eigenvalue weighted by molar-refractivity contribution is 0.0953. The van der Waals surface area contributed by atoms with Crippen LogP contribution < -0.4 is 14.8 Å². The maximum absolute atomic E-state index is 13.3. The van der Waals surface area contributed by atoms with E-state index in [0.29, 0.717) is 24.9 Å². The van der Waals surface area contributed by atoms with Gasteiger partial charge in [-0.25, -0.2) is 0 Å². The highest BCUT2D eigenvalue weighted by Crippen LogP contribution is 2.43. The molecule has 2 aliphatic rings. The number of benzene rings is 2. The third-order valence-electron chi connectivity index (χ3n) is 7.12. The fourth-order valence-corrected chi connectivity index (χ4v) is 5.42. The Balaban J connectivity index is 1.27. The van der Waals surface area contributed by atoms with Gasteiger partial charge in [0.25, 0.3) is 5.91 Å². The molecule has 7 heteroatoms. The number of pyridine rings is 1. The lowest BCUT2D eigenvalue weighted by atomic mass is 9.92. The zero-order valence-corrected chi connectivity index (χ0v) is 19.5. The van der Waals surface area contributed by atoms with Crippen LogP contribution in [0.15, 0.2) is 79.1 Å². The van der Waals surface area contributed by atoms with Crippen LogP contribution >= 0.6 is 0 Å². The number of carbonyl (C=O) groups is 1. The van der Waals surface area contributed by atoms with E-state index in [9.17, 15) is 4.79 Å². The van der Waals surface area contributed by atoms with Crippen LogP contribution in [0.1, 0.15) is 44.6 Å². The van der Waals surface area contributed by atoms with E-state index in [0.717, 1.165) is 39.7 Å². The summed E-state index contributed by atoms with van der Waals surface area (Å²) in [6, 6.07) is 22.1. The second kappa shape index (κ2) is 8.30. The van der Waals surface area contributed by atoms with Gasteiger partial charge in [0, 0.05) is 59.8 Å². The Bertz CT molecular complexity index is 1600. The Labute approximate surface area is 207 Å². The zero-order valence-electron chi connectivity index (χ0n) is 19.5. The van der Waals surface area contributed by atoms with Gasteiger partial charge in [0.1, 0.15) is 0 Å². The van der Waals surface area contributed by atoms with Gasteiger partial charge < -0.3 is 24.3 Å². The number of carbonyl (C=O) groups excluding carboxylic acids is 1. The van der Waals surface area contributed by atoms with Gasteiger partial charge in [-0.2, -0.15) is 0 Å². The van der Waals surface area contributed by atoms with E-state index in [1.165, 1.54) is 10.9 Å². The minimum absolute atomic E-state index is 0.0626. The summed E-state index contributed by atoms with van der Waals surface area (Å²) >= 11 is 0. The number of amides is 1. The van der Waals surface area contributed by atoms with Crippen LogP contribution in [0.3, 0.4) is 0 Å². The molecule has 1 amide bonds. The Morgan fingerprint density at radius 2 is 1.94 bits per heavy atom. The maximum atomic E-state index is 13.3. The van der Waals surface area contributed by atoms with Crippen LogP contribution in [0.4, 0.5) is 0 Å². The first-order valence-corrected chi connectivity index (χ1v) is 12.1. The lowest BCUT2D eigenvalue weighted by Gasteiger charge is -2.28. The molecule has 2 N–H and O–H groups in total. The minimum Gasteiger partial charge on any atom is -0.454 e. The van der Waals surface area contributed by atoms with Crippen molar-refractivity contribution in [1.29, 1.82) is 0 Å². The smallest absolute Gasteiger partial charge is 0.253 e. The topological polar surface area (TPSA) is 81.2 Å². The normalized spacial score (nSPS) is 15.5. The van der Waals surface area contributed by atoms with Crippen molar-refractivity contribution >= 4 is 16.8 Å². The quantitative estimate of drug-likeness (QED) is 0.381. The highest BCUT2D eigenvalue weighted by Gasteiger charge is 2.33. The second-order valence-corrected chi connectivity index (χ2v) is 9.17. The Kier molecular flexibility index (Phi) is 4.80.